The molecule has 1 aliphatic rings. The highest BCUT2D eigenvalue weighted by Crippen LogP contribution is 2.39. The zero-order valence-corrected chi connectivity index (χ0v) is 12.3. The number of esters is 1. The van der Waals surface area contributed by atoms with E-state index in [1.165, 1.54) is 18.4 Å². The molecule has 1 aliphatic carbocycles. The van der Waals surface area contributed by atoms with Gasteiger partial charge in [0, 0.05) is 11.4 Å². The molecule has 0 radical (unpaired) electrons. The van der Waals surface area contributed by atoms with E-state index in [4.69, 9.17) is 9.84 Å². The first kappa shape index (κ1) is 14.8. The highest BCUT2D eigenvalue weighted by Gasteiger charge is 2.27. The minimum atomic E-state index is -0.617. The normalized spacial score (nSPS) is 14.6. The minimum absolute atomic E-state index is 0.157. The number of carbonyl (C=O) groups is 2. The van der Waals surface area contributed by atoms with Crippen LogP contribution in [-0.4, -0.2) is 36.9 Å². The quantitative estimate of drug-likeness (QED) is 0.736. The van der Waals surface area contributed by atoms with Gasteiger partial charge in [0.05, 0.1) is 18.8 Å². The van der Waals surface area contributed by atoms with Crippen molar-refractivity contribution in [2.45, 2.75) is 32.3 Å². The molecule has 0 aliphatic heterocycles. The second-order valence-corrected chi connectivity index (χ2v) is 5.84. The van der Waals surface area contributed by atoms with Gasteiger partial charge in [0.1, 0.15) is 5.00 Å². The summed E-state index contributed by atoms with van der Waals surface area (Å²) < 4.78 is 4.80. The molecule has 1 heterocycles. The summed E-state index contributed by atoms with van der Waals surface area (Å²) in [6.07, 6.45) is 2.18. The smallest absolute Gasteiger partial charge is 0.341 e. The molecule has 2 amide bonds. The van der Waals surface area contributed by atoms with Crippen LogP contribution in [-0.2, 0) is 17.6 Å². The van der Waals surface area contributed by atoms with Gasteiger partial charge in [-0.1, -0.05) is 0 Å². The Hall–Kier alpha value is -1.60. The molecule has 0 spiro atoms. The number of anilines is 1. The Morgan fingerprint density at radius 3 is 2.85 bits per heavy atom. The van der Waals surface area contributed by atoms with Crippen molar-refractivity contribution in [3.8, 4) is 0 Å². The number of amides is 2. The van der Waals surface area contributed by atoms with Crippen LogP contribution in [0, 0.1) is 0 Å². The van der Waals surface area contributed by atoms with Gasteiger partial charge in [0.15, 0.2) is 0 Å². The topological polar surface area (TPSA) is 87.7 Å². The van der Waals surface area contributed by atoms with Crippen LogP contribution in [0.15, 0.2) is 0 Å². The number of thiophene rings is 1. The predicted molar refractivity (Wildman–Crippen MR) is 76.4 cm³/mol. The SMILES string of the molecule is COC(=O)c1c(NC(=O)NC[C@H](C)O)sc2c1CCC2. The summed E-state index contributed by atoms with van der Waals surface area (Å²) >= 11 is 1.42. The van der Waals surface area contributed by atoms with E-state index in [1.807, 2.05) is 0 Å². The zero-order valence-electron chi connectivity index (χ0n) is 11.5. The average molecular weight is 298 g/mol. The van der Waals surface area contributed by atoms with Gasteiger partial charge in [0.25, 0.3) is 0 Å². The first-order valence-corrected chi connectivity index (χ1v) is 7.30. The number of aliphatic hydroxyl groups excluding tert-OH is 1. The van der Waals surface area contributed by atoms with Crippen molar-refractivity contribution in [1.29, 1.82) is 0 Å². The van der Waals surface area contributed by atoms with Gasteiger partial charge in [-0.25, -0.2) is 9.59 Å². The molecule has 2 rings (SSSR count). The van der Waals surface area contributed by atoms with Gasteiger partial charge in [-0.05, 0) is 31.7 Å². The summed E-state index contributed by atoms with van der Waals surface area (Å²) in [5.74, 6) is -0.421. The molecule has 20 heavy (non-hydrogen) atoms. The molecule has 110 valence electrons. The van der Waals surface area contributed by atoms with Gasteiger partial charge >= 0.3 is 12.0 Å². The molecule has 6 nitrogen and oxygen atoms in total. The third kappa shape index (κ3) is 3.10. The van der Waals surface area contributed by atoms with Gasteiger partial charge in [0.2, 0.25) is 0 Å². The molecule has 0 saturated carbocycles. The van der Waals surface area contributed by atoms with Gasteiger partial charge in [-0.15, -0.1) is 11.3 Å². The third-order valence-corrected chi connectivity index (χ3v) is 4.30. The van der Waals surface area contributed by atoms with Crippen LogP contribution in [0.1, 0.15) is 34.1 Å². The number of carbonyl (C=O) groups excluding carboxylic acids is 2. The number of aryl methyl sites for hydroxylation is 1. The summed E-state index contributed by atoms with van der Waals surface area (Å²) in [5.41, 5.74) is 1.46. The van der Waals surface area contributed by atoms with Crippen molar-refractivity contribution >= 4 is 28.3 Å². The molecule has 0 fully saturated rings. The molecule has 1 aromatic rings. The number of nitrogens with one attached hydrogen (secondary N) is 2. The fourth-order valence-corrected chi connectivity index (χ4v) is 3.47. The fraction of sp³-hybridized carbons (Fsp3) is 0.538. The maximum Gasteiger partial charge on any atom is 0.341 e. The van der Waals surface area contributed by atoms with Crippen molar-refractivity contribution < 1.29 is 19.4 Å². The number of fused-ring (bicyclic) bond motifs is 1. The Morgan fingerprint density at radius 2 is 2.20 bits per heavy atom. The minimum Gasteiger partial charge on any atom is -0.465 e. The van der Waals surface area contributed by atoms with E-state index in [1.54, 1.807) is 6.92 Å². The maximum absolute atomic E-state index is 11.9. The van der Waals surface area contributed by atoms with Crippen molar-refractivity contribution in [2.24, 2.45) is 0 Å². The molecule has 0 bridgehead atoms. The number of hydrogen-bond donors (Lipinski definition) is 3. The monoisotopic (exact) mass is 298 g/mol. The largest absolute Gasteiger partial charge is 0.465 e. The molecule has 0 saturated heterocycles. The summed E-state index contributed by atoms with van der Waals surface area (Å²) in [4.78, 5) is 24.7. The third-order valence-electron chi connectivity index (χ3n) is 3.10. The number of aliphatic hydroxyl groups is 1. The Labute approximate surface area is 121 Å². The summed E-state index contributed by atoms with van der Waals surface area (Å²) in [6.45, 7) is 1.74. The lowest BCUT2D eigenvalue weighted by molar-refractivity contribution is 0.0601. The molecular formula is C13H18N2O4S. The van der Waals surface area contributed by atoms with Crippen LogP contribution in [0.5, 0.6) is 0 Å². The number of methoxy groups -OCH3 is 1. The highest BCUT2D eigenvalue weighted by molar-refractivity contribution is 7.17. The molecular weight excluding hydrogens is 280 g/mol. The molecule has 1 atom stereocenters. The molecule has 0 unspecified atom stereocenters. The standard InChI is InChI=1S/C13H18N2O4S/c1-7(16)6-14-13(18)15-11-10(12(17)19-2)8-4-3-5-9(8)20-11/h7,16H,3-6H2,1-2H3,(H2,14,15,18)/t7-/m0/s1. The average Bonchev–Trinajstić information content (AvgIpc) is 2.95. The van der Waals surface area contributed by atoms with Crippen LogP contribution in [0.3, 0.4) is 0 Å². The predicted octanol–water partition coefficient (Wildman–Crippen LogP) is 1.53. The van der Waals surface area contributed by atoms with Crippen LogP contribution >= 0.6 is 11.3 Å². The lowest BCUT2D eigenvalue weighted by atomic mass is 10.1. The number of urea groups is 1. The van der Waals surface area contributed by atoms with Crippen molar-refractivity contribution in [2.75, 3.05) is 19.0 Å². The summed E-state index contributed by atoms with van der Waals surface area (Å²) in [5, 5.41) is 14.8. The fourth-order valence-electron chi connectivity index (χ4n) is 2.20. The summed E-state index contributed by atoms with van der Waals surface area (Å²) in [6, 6.07) is -0.434. The second-order valence-electron chi connectivity index (χ2n) is 4.74. The van der Waals surface area contributed by atoms with Crippen molar-refractivity contribution in [3.05, 3.63) is 16.0 Å². The van der Waals surface area contributed by atoms with Crippen LogP contribution in [0.2, 0.25) is 0 Å². The molecule has 3 N–H and O–H groups in total. The first-order chi connectivity index (χ1) is 9.52. The van der Waals surface area contributed by atoms with E-state index < -0.39 is 18.1 Å². The first-order valence-electron chi connectivity index (χ1n) is 6.48. The van der Waals surface area contributed by atoms with E-state index in [0.717, 1.165) is 29.7 Å². The lowest BCUT2D eigenvalue weighted by Gasteiger charge is -2.09. The van der Waals surface area contributed by atoms with Crippen LogP contribution < -0.4 is 10.6 Å². The Bertz CT molecular complexity index is 525. The van der Waals surface area contributed by atoms with E-state index in [0.29, 0.717) is 10.6 Å². The second kappa shape index (κ2) is 6.23. The van der Waals surface area contributed by atoms with Gasteiger partial charge < -0.3 is 15.2 Å². The lowest BCUT2D eigenvalue weighted by Crippen LogP contribution is -2.34. The Kier molecular flexibility index (Phi) is 4.61. The number of hydrogen-bond acceptors (Lipinski definition) is 5. The van der Waals surface area contributed by atoms with E-state index >= 15 is 0 Å². The highest BCUT2D eigenvalue weighted by atomic mass is 32.1. The molecule has 7 heteroatoms. The van der Waals surface area contributed by atoms with Gasteiger partial charge in [-0.3, -0.25) is 5.32 Å². The molecule has 1 aromatic heterocycles. The van der Waals surface area contributed by atoms with Crippen LogP contribution in [0.4, 0.5) is 9.80 Å². The van der Waals surface area contributed by atoms with E-state index in [2.05, 4.69) is 10.6 Å². The van der Waals surface area contributed by atoms with Crippen molar-refractivity contribution in [1.82, 2.24) is 5.32 Å². The number of rotatable bonds is 4. The zero-order chi connectivity index (χ0) is 14.7. The van der Waals surface area contributed by atoms with Crippen LogP contribution in [0.25, 0.3) is 0 Å². The Balaban J connectivity index is 2.15. The van der Waals surface area contributed by atoms with E-state index in [9.17, 15) is 9.59 Å². The van der Waals surface area contributed by atoms with E-state index in [-0.39, 0.29) is 6.54 Å². The maximum atomic E-state index is 11.9. The number of ether oxygens (including phenoxy) is 1. The molecule has 0 aromatic carbocycles. The summed E-state index contributed by atoms with van der Waals surface area (Å²) in [7, 11) is 1.33. The van der Waals surface area contributed by atoms with Crippen molar-refractivity contribution in [3.63, 3.8) is 0 Å². The van der Waals surface area contributed by atoms with Gasteiger partial charge in [-0.2, -0.15) is 0 Å². The Morgan fingerprint density at radius 1 is 1.45 bits per heavy atom.